The van der Waals surface area contributed by atoms with Gasteiger partial charge in [-0.25, -0.2) is 12.8 Å². The van der Waals surface area contributed by atoms with Crippen molar-refractivity contribution in [2.24, 2.45) is 0 Å². The Labute approximate surface area is 147 Å². The van der Waals surface area contributed by atoms with Crippen molar-refractivity contribution in [3.8, 4) is 0 Å². The van der Waals surface area contributed by atoms with E-state index in [0.29, 0.717) is 13.1 Å². The second kappa shape index (κ2) is 8.11. The zero-order valence-electron chi connectivity index (χ0n) is 13.8. The molecule has 1 unspecified atom stereocenters. The Morgan fingerprint density at radius 3 is 2.64 bits per heavy atom. The maximum Gasteiger partial charge on any atom is 0.256 e. The fourth-order valence-corrected chi connectivity index (χ4v) is 3.59. The predicted molar refractivity (Wildman–Crippen MR) is 91.7 cm³/mol. The van der Waals surface area contributed by atoms with Crippen molar-refractivity contribution in [1.29, 1.82) is 0 Å². The van der Waals surface area contributed by atoms with E-state index >= 15 is 0 Å². The molecule has 0 aromatic heterocycles. The largest absolute Gasteiger partial charge is 0.377 e. The molecular weight excluding hydrogens is 349 g/mol. The van der Waals surface area contributed by atoms with Gasteiger partial charge in [0.05, 0.1) is 17.4 Å². The number of thiol groups is 1. The van der Waals surface area contributed by atoms with Crippen LogP contribution in [0.3, 0.4) is 0 Å². The van der Waals surface area contributed by atoms with Crippen molar-refractivity contribution in [1.82, 2.24) is 9.80 Å². The van der Waals surface area contributed by atoms with Gasteiger partial charge in [-0.15, -0.1) is 0 Å². The van der Waals surface area contributed by atoms with Gasteiger partial charge in [0, 0.05) is 39.3 Å². The number of carbonyl (C=O) groups is 1. The van der Waals surface area contributed by atoms with E-state index in [2.05, 4.69) is 9.62 Å². The Hall–Kier alpha value is -1.71. The van der Waals surface area contributed by atoms with Crippen LogP contribution in [0.5, 0.6) is 0 Å². The lowest BCUT2D eigenvalue weighted by Gasteiger charge is -2.35. The van der Waals surface area contributed by atoms with Crippen LogP contribution in [0.15, 0.2) is 18.2 Å². The van der Waals surface area contributed by atoms with E-state index in [1.165, 1.54) is 12.1 Å². The number of nitrogens with zero attached hydrogens (tertiary/aromatic N) is 2. The Balaban J connectivity index is 1.56. The van der Waals surface area contributed by atoms with Crippen LogP contribution in [0.4, 0.5) is 10.1 Å². The van der Waals surface area contributed by atoms with E-state index in [1.807, 2.05) is 0 Å². The number of amides is 1. The molecule has 0 spiro atoms. The molecule has 1 aromatic rings. The first-order chi connectivity index (χ1) is 12.0. The van der Waals surface area contributed by atoms with E-state index in [9.17, 15) is 17.6 Å². The number of hydrogen-bond donors (Lipinski definition) is 2. The highest BCUT2D eigenvalue weighted by Gasteiger charge is 2.26. The monoisotopic (exact) mass is 371 g/mol. The number of ether oxygens (including phenoxy) is 1. The number of nitrogens with one attached hydrogen (secondary N) is 1. The summed E-state index contributed by atoms with van der Waals surface area (Å²) >= 11 is 0. The van der Waals surface area contributed by atoms with Crippen molar-refractivity contribution < 1.29 is 22.3 Å². The lowest BCUT2D eigenvalue weighted by molar-refractivity contribution is 0.0430. The summed E-state index contributed by atoms with van der Waals surface area (Å²) in [5.74, 6) is -1.10. The molecule has 0 aliphatic carbocycles. The third-order valence-electron chi connectivity index (χ3n) is 4.57. The van der Waals surface area contributed by atoms with E-state index < -0.39 is 16.7 Å². The van der Waals surface area contributed by atoms with E-state index in [0.717, 1.165) is 45.1 Å². The van der Waals surface area contributed by atoms with Crippen molar-refractivity contribution in [3.63, 3.8) is 0 Å². The van der Waals surface area contributed by atoms with Gasteiger partial charge in [-0.2, -0.15) is 0 Å². The van der Waals surface area contributed by atoms with Crippen LogP contribution in [0.1, 0.15) is 23.2 Å². The van der Waals surface area contributed by atoms with E-state index in [1.54, 1.807) is 4.90 Å². The van der Waals surface area contributed by atoms with Gasteiger partial charge in [0.2, 0.25) is 10.9 Å². The fraction of sp³-hybridized carbons (Fsp3) is 0.562. The zero-order valence-corrected chi connectivity index (χ0v) is 14.7. The summed E-state index contributed by atoms with van der Waals surface area (Å²) in [6.07, 6.45) is 2.47. The van der Waals surface area contributed by atoms with Crippen LogP contribution in [0, 0.1) is 5.82 Å². The van der Waals surface area contributed by atoms with Gasteiger partial charge in [0.25, 0.3) is 5.91 Å². The number of piperazine rings is 1. The minimum Gasteiger partial charge on any atom is -0.377 e. The Kier molecular flexibility index (Phi) is 5.87. The summed E-state index contributed by atoms with van der Waals surface area (Å²) in [4.78, 5) is 16.4. The molecule has 25 heavy (non-hydrogen) atoms. The molecule has 2 fully saturated rings. The van der Waals surface area contributed by atoms with Gasteiger partial charge in [-0.05, 0) is 31.0 Å². The molecule has 138 valence electrons. The summed E-state index contributed by atoms with van der Waals surface area (Å²) < 4.78 is 43.1. The first kappa shape index (κ1) is 18.1. The third kappa shape index (κ3) is 4.68. The van der Waals surface area contributed by atoms with Crippen LogP contribution in [-0.4, -0.2) is 69.6 Å². The molecule has 9 heteroatoms. The first-order valence-electron chi connectivity index (χ1n) is 8.37. The van der Waals surface area contributed by atoms with Crippen LogP contribution < -0.4 is 4.72 Å². The van der Waals surface area contributed by atoms with Crippen LogP contribution in [0.25, 0.3) is 0 Å². The topological polar surface area (TPSA) is 79.0 Å². The summed E-state index contributed by atoms with van der Waals surface area (Å²) in [5, 5.41) is 0. The summed E-state index contributed by atoms with van der Waals surface area (Å²) in [6.45, 7) is 4.26. The summed E-state index contributed by atoms with van der Waals surface area (Å²) in [5.41, 5.74) is 0.0609. The standard InChI is InChI=1S/C16H22FN3O4S/c17-15-10-12(18-25(22)23)3-4-14(15)16(21)20-7-5-19(6-8-20)11-13-2-1-9-24-13/h3-4,10,13,25H,1-2,5-9,11H2,(H,18,22,23). The molecule has 7 nitrogen and oxygen atoms in total. The predicted octanol–water partition coefficient (Wildman–Crippen LogP) is 0.701. The quantitative estimate of drug-likeness (QED) is 0.745. The average Bonchev–Trinajstić information content (AvgIpc) is 3.07. The number of anilines is 1. The Morgan fingerprint density at radius 2 is 2.04 bits per heavy atom. The van der Waals surface area contributed by atoms with Gasteiger partial charge in [-0.3, -0.25) is 14.4 Å². The van der Waals surface area contributed by atoms with Crippen molar-refractivity contribution in [2.45, 2.75) is 18.9 Å². The number of carbonyl (C=O) groups excluding carboxylic acids is 1. The highest BCUT2D eigenvalue weighted by Crippen LogP contribution is 2.18. The number of halogens is 1. The van der Waals surface area contributed by atoms with Gasteiger partial charge < -0.3 is 9.64 Å². The number of hydrogen-bond acceptors (Lipinski definition) is 5. The molecule has 2 aliphatic rings. The van der Waals surface area contributed by atoms with Crippen LogP contribution >= 0.6 is 0 Å². The molecule has 3 rings (SSSR count). The highest BCUT2D eigenvalue weighted by molar-refractivity contribution is 7.73. The minimum absolute atomic E-state index is 0.0424. The fourth-order valence-electron chi connectivity index (χ4n) is 3.24. The van der Waals surface area contributed by atoms with Gasteiger partial charge in [0.1, 0.15) is 5.82 Å². The molecule has 0 bridgehead atoms. The lowest BCUT2D eigenvalue weighted by atomic mass is 10.1. The lowest BCUT2D eigenvalue weighted by Crippen LogP contribution is -2.50. The first-order valence-corrected chi connectivity index (χ1v) is 9.54. The van der Waals surface area contributed by atoms with Gasteiger partial charge >= 0.3 is 0 Å². The van der Waals surface area contributed by atoms with E-state index in [4.69, 9.17) is 4.74 Å². The second-order valence-electron chi connectivity index (χ2n) is 6.29. The summed E-state index contributed by atoms with van der Waals surface area (Å²) in [6, 6.07) is 3.72. The maximum absolute atomic E-state index is 14.1. The summed E-state index contributed by atoms with van der Waals surface area (Å²) in [7, 11) is -2.87. The molecular formula is C16H22FN3O4S. The third-order valence-corrected chi connectivity index (χ3v) is 5.01. The molecule has 2 saturated heterocycles. The van der Waals surface area contributed by atoms with Crippen molar-refractivity contribution >= 4 is 22.5 Å². The molecule has 1 aromatic carbocycles. The number of benzene rings is 1. The normalized spacial score (nSPS) is 21.7. The molecule has 0 radical (unpaired) electrons. The molecule has 1 N–H and O–H groups in total. The molecule has 2 aliphatic heterocycles. The molecule has 1 amide bonds. The molecule has 2 heterocycles. The van der Waals surface area contributed by atoms with Crippen molar-refractivity contribution in [3.05, 3.63) is 29.6 Å². The highest BCUT2D eigenvalue weighted by atomic mass is 32.2. The SMILES string of the molecule is O=C(c1ccc(N[SH](=O)=O)cc1F)N1CCN(CC2CCCO2)CC1. The average molecular weight is 371 g/mol. The molecule has 1 atom stereocenters. The Bertz CT molecular complexity index is 691. The van der Waals surface area contributed by atoms with Crippen LogP contribution in [0.2, 0.25) is 0 Å². The van der Waals surface area contributed by atoms with Gasteiger partial charge in [-0.1, -0.05) is 0 Å². The zero-order chi connectivity index (χ0) is 17.8. The van der Waals surface area contributed by atoms with Gasteiger partial charge in [0.15, 0.2) is 0 Å². The van der Waals surface area contributed by atoms with Crippen LogP contribution in [-0.2, 0) is 15.6 Å². The van der Waals surface area contributed by atoms with E-state index in [-0.39, 0.29) is 23.3 Å². The maximum atomic E-state index is 14.1. The smallest absolute Gasteiger partial charge is 0.256 e. The Morgan fingerprint density at radius 1 is 1.28 bits per heavy atom. The second-order valence-corrected chi connectivity index (χ2v) is 7.03. The number of rotatable bonds is 5. The molecule has 0 saturated carbocycles. The minimum atomic E-state index is -2.87. The van der Waals surface area contributed by atoms with Crippen molar-refractivity contribution in [2.75, 3.05) is 44.1 Å².